The molecule has 4 atom stereocenters. The summed E-state index contributed by atoms with van der Waals surface area (Å²) in [4.78, 5) is 15.8. The molecular weight excluding hydrogens is 256 g/mol. The highest BCUT2D eigenvalue weighted by molar-refractivity contribution is 5.71. The van der Waals surface area contributed by atoms with Crippen LogP contribution in [0.15, 0.2) is 16.7 Å². The van der Waals surface area contributed by atoms with Crippen molar-refractivity contribution in [2.75, 3.05) is 0 Å². The van der Waals surface area contributed by atoms with Crippen molar-refractivity contribution >= 4 is 5.97 Å². The Morgan fingerprint density at radius 1 is 1.35 bits per heavy atom. The van der Waals surface area contributed by atoms with E-state index in [4.69, 9.17) is 4.52 Å². The number of nitrogens with zero attached hydrogens (tertiary/aromatic N) is 2. The lowest BCUT2D eigenvalue weighted by atomic mass is 9.83. The molecule has 2 aliphatic rings. The summed E-state index contributed by atoms with van der Waals surface area (Å²) in [5.41, 5.74) is 0. The van der Waals surface area contributed by atoms with Crippen molar-refractivity contribution < 1.29 is 14.4 Å². The zero-order valence-corrected chi connectivity index (χ0v) is 11.7. The van der Waals surface area contributed by atoms with Crippen molar-refractivity contribution in [2.45, 2.75) is 50.9 Å². The standard InChI is InChI=1S/C15H20N2O3/c1-9-6-7-10(8-9)13-16-14(20-17-13)11-4-2-3-5-12(11)15(18)19/h2-3,9-12H,4-8H2,1H3,(H,18,19)/t9?,10?,11-,12+/m1/s1. The third-order valence-corrected chi connectivity index (χ3v) is 4.58. The Balaban J connectivity index is 1.78. The number of rotatable bonds is 3. The summed E-state index contributed by atoms with van der Waals surface area (Å²) in [6, 6.07) is 0. The van der Waals surface area contributed by atoms with E-state index in [1.165, 1.54) is 6.42 Å². The Hall–Kier alpha value is -1.65. The molecule has 1 fully saturated rings. The topological polar surface area (TPSA) is 76.2 Å². The molecule has 20 heavy (non-hydrogen) atoms. The first-order valence-corrected chi connectivity index (χ1v) is 7.36. The maximum Gasteiger partial charge on any atom is 0.307 e. The van der Waals surface area contributed by atoms with Crippen molar-refractivity contribution in [1.82, 2.24) is 10.1 Å². The summed E-state index contributed by atoms with van der Waals surface area (Å²) < 4.78 is 5.37. The van der Waals surface area contributed by atoms with Crippen LogP contribution in [-0.4, -0.2) is 21.2 Å². The highest BCUT2D eigenvalue weighted by Gasteiger charge is 2.35. The average Bonchev–Trinajstić information content (AvgIpc) is 3.07. The van der Waals surface area contributed by atoms with Gasteiger partial charge in [0.1, 0.15) is 0 Å². The minimum Gasteiger partial charge on any atom is -0.481 e. The normalized spacial score (nSPS) is 33.5. The molecule has 0 aliphatic heterocycles. The van der Waals surface area contributed by atoms with Gasteiger partial charge < -0.3 is 9.63 Å². The van der Waals surface area contributed by atoms with Crippen LogP contribution >= 0.6 is 0 Å². The van der Waals surface area contributed by atoms with Gasteiger partial charge in [-0.05, 0) is 38.0 Å². The molecule has 0 bridgehead atoms. The molecule has 0 radical (unpaired) electrons. The molecule has 0 saturated heterocycles. The summed E-state index contributed by atoms with van der Waals surface area (Å²) in [6.07, 6.45) is 8.55. The van der Waals surface area contributed by atoms with Gasteiger partial charge in [-0.25, -0.2) is 0 Å². The van der Waals surface area contributed by atoms with Gasteiger partial charge in [0.2, 0.25) is 5.89 Å². The van der Waals surface area contributed by atoms with E-state index >= 15 is 0 Å². The predicted molar refractivity (Wildman–Crippen MR) is 72.3 cm³/mol. The second-order valence-corrected chi connectivity index (χ2v) is 6.10. The molecule has 0 aromatic carbocycles. The van der Waals surface area contributed by atoms with Crippen molar-refractivity contribution in [1.29, 1.82) is 0 Å². The summed E-state index contributed by atoms with van der Waals surface area (Å²) in [6.45, 7) is 2.24. The van der Waals surface area contributed by atoms with Crippen LogP contribution in [0.5, 0.6) is 0 Å². The van der Waals surface area contributed by atoms with E-state index in [1.807, 2.05) is 12.2 Å². The third kappa shape index (κ3) is 2.49. The van der Waals surface area contributed by atoms with Crippen molar-refractivity contribution in [3.8, 4) is 0 Å². The van der Waals surface area contributed by atoms with Gasteiger partial charge in [-0.3, -0.25) is 4.79 Å². The molecule has 1 saturated carbocycles. The summed E-state index contributed by atoms with van der Waals surface area (Å²) >= 11 is 0. The predicted octanol–water partition coefficient (Wildman–Crippen LogP) is 3.11. The van der Waals surface area contributed by atoms with Gasteiger partial charge in [-0.1, -0.05) is 24.2 Å². The van der Waals surface area contributed by atoms with E-state index in [9.17, 15) is 9.90 Å². The molecule has 5 heteroatoms. The minimum absolute atomic E-state index is 0.183. The third-order valence-electron chi connectivity index (χ3n) is 4.58. The second kappa shape index (κ2) is 5.38. The Morgan fingerprint density at radius 2 is 2.15 bits per heavy atom. The number of hydrogen-bond donors (Lipinski definition) is 1. The number of allylic oxidation sites excluding steroid dienone is 2. The fourth-order valence-corrected chi connectivity index (χ4v) is 3.37. The zero-order chi connectivity index (χ0) is 14.1. The molecule has 0 spiro atoms. The van der Waals surface area contributed by atoms with E-state index in [1.54, 1.807) is 0 Å². The monoisotopic (exact) mass is 276 g/mol. The van der Waals surface area contributed by atoms with Gasteiger partial charge in [-0.2, -0.15) is 4.98 Å². The summed E-state index contributed by atoms with van der Waals surface area (Å²) in [5.74, 6) is 0.942. The second-order valence-electron chi connectivity index (χ2n) is 6.10. The first-order valence-electron chi connectivity index (χ1n) is 7.36. The zero-order valence-electron chi connectivity index (χ0n) is 11.7. The summed E-state index contributed by atoms with van der Waals surface area (Å²) in [5, 5.41) is 13.4. The highest BCUT2D eigenvalue weighted by Crippen LogP contribution is 2.38. The van der Waals surface area contributed by atoms with Crippen LogP contribution in [-0.2, 0) is 4.79 Å². The fraction of sp³-hybridized carbons (Fsp3) is 0.667. The number of aromatic nitrogens is 2. The smallest absolute Gasteiger partial charge is 0.307 e. The van der Waals surface area contributed by atoms with E-state index < -0.39 is 11.9 Å². The van der Waals surface area contributed by atoms with Crippen molar-refractivity contribution in [3.63, 3.8) is 0 Å². The molecule has 108 valence electrons. The fourth-order valence-electron chi connectivity index (χ4n) is 3.37. The number of carboxylic acid groups (broad SMARTS) is 1. The number of hydrogen-bond acceptors (Lipinski definition) is 4. The Bertz CT molecular complexity index is 523. The van der Waals surface area contributed by atoms with Gasteiger partial charge in [0, 0.05) is 5.92 Å². The maximum absolute atomic E-state index is 11.3. The molecule has 2 aliphatic carbocycles. The number of carboxylic acids is 1. The first-order chi connectivity index (χ1) is 9.65. The molecule has 2 unspecified atom stereocenters. The van der Waals surface area contributed by atoms with Crippen LogP contribution < -0.4 is 0 Å². The molecule has 3 rings (SSSR count). The largest absolute Gasteiger partial charge is 0.481 e. The van der Waals surface area contributed by atoms with Gasteiger partial charge in [0.25, 0.3) is 0 Å². The Kier molecular flexibility index (Phi) is 3.59. The molecular formula is C15H20N2O3. The van der Waals surface area contributed by atoms with E-state index in [0.29, 0.717) is 30.6 Å². The first kappa shape index (κ1) is 13.3. The van der Waals surface area contributed by atoms with Crippen LogP contribution in [0.3, 0.4) is 0 Å². The lowest BCUT2D eigenvalue weighted by molar-refractivity contribution is -0.142. The molecule has 1 aromatic rings. The van der Waals surface area contributed by atoms with Gasteiger partial charge in [0.05, 0.1) is 11.8 Å². The van der Waals surface area contributed by atoms with Crippen LogP contribution in [0.4, 0.5) is 0 Å². The maximum atomic E-state index is 11.3. The van der Waals surface area contributed by atoms with E-state index in [-0.39, 0.29) is 5.92 Å². The lowest BCUT2D eigenvalue weighted by Crippen LogP contribution is -2.23. The van der Waals surface area contributed by atoms with Crippen LogP contribution in [0.25, 0.3) is 0 Å². The molecule has 1 heterocycles. The van der Waals surface area contributed by atoms with Gasteiger partial charge in [0.15, 0.2) is 5.82 Å². The Morgan fingerprint density at radius 3 is 2.85 bits per heavy atom. The molecule has 5 nitrogen and oxygen atoms in total. The van der Waals surface area contributed by atoms with Gasteiger partial charge >= 0.3 is 5.97 Å². The van der Waals surface area contributed by atoms with Gasteiger partial charge in [-0.15, -0.1) is 0 Å². The van der Waals surface area contributed by atoms with E-state index in [0.717, 1.165) is 18.7 Å². The molecule has 1 N–H and O–H groups in total. The van der Waals surface area contributed by atoms with Crippen molar-refractivity contribution in [3.05, 3.63) is 23.9 Å². The number of carbonyl (C=O) groups is 1. The number of aliphatic carboxylic acids is 1. The highest BCUT2D eigenvalue weighted by atomic mass is 16.5. The van der Waals surface area contributed by atoms with E-state index in [2.05, 4.69) is 17.1 Å². The molecule has 0 amide bonds. The van der Waals surface area contributed by atoms with Crippen molar-refractivity contribution in [2.24, 2.45) is 11.8 Å². The lowest BCUT2D eigenvalue weighted by Gasteiger charge is -2.21. The SMILES string of the molecule is CC1CCC(c2noc([C@@H]3CC=CC[C@@H]3C(=O)O)n2)C1. The van der Waals surface area contributed by atoms with Crippen LogP contribution in [0.1, 0.15) is 62.6 Å². The van der Waals surface area contributed by atoms with Crippen LogP contribution in [0.2, 0.25) is 0 Å². The quantitative estimate of drug-likeness (QED) is 0.858. The average molecular weight is 276 g/mol. The summed E-state index contributed by atoms with van der Waals surface area (Å²) in [7, 11) is 0. The van der Waals surface area contributed by atoms with Crippen LogP contribution in [0, 0.1) is 11.8 Å². The molecule has 1 aromatic heterocycles. The minimum atomic E-state index is -0.784. The Labute approximate surface area is 118 Å².